The van der Waals surface area contributed by atoms with E-state index in [0.717, 1.165) is 29.7 Å². The molecule has 3 rings (SSSR count). The van der Waals surface area contributed by atoms with E-state index in [1.807, 2.05) is 24.3 Å². The fraction of sp³-hybridized carbons (Fsp3) is 0.333. The second-order valence-electron chi connectivity index (χ2n) is 5.33. The van der Waals surface area contributed by atoms with Crippen LogP contribution in [0.5, 0.6) is 0 Å². The quantitative estimate of drug-likeness (QED) is 0.665. The Kier molecular flexibility index (Phi) is 3.62. The Hall–Kier alpha value is -2.34. The van der Waals surface area contributed by atoms with Crippen LogP contribution in [0, 0.1) is 0 Å². The minimum atomic E-state index is -0.276. The minimum Gasteiger partial charge on any atom is -0.395 e. The molecule has 1 aliphatic carbocycles. The van der Waals surface area contributed by atoms with Gasteiger partial charge in [0.25, 0.3) is 5.91 Å². The zero-order chi connectivity index (χ0) is 14.8. The molecule has 1 heterocycles. The van der Waals surface area contributed by atoms with Crippen molar-refractivity contribution in [1.82, 2.24) is 15.5 Å². The third-order valence-electron chi connectivity index (χ3n) is 3.69. The smallest absolute Gasteiger partial charge is 0.274 e. The number of H-pyrrole nitrogens is 1. The van der Waals surface area contributed by atoms with Gasteiger partial charge in [0.05, 0.1) is 18.0 Å². The molecular formula is C15H18N4O2. The van der Waals surface area contributed by atoms with Crippen LogP contribution in [0.1, 0.15) is 46.1 Å². The van der Waals surface area contributed by atoms with E-state index in [4.69, 9.17) is 10.8 Å². The molecule has 0 radical (unpaired) electrons. The molecule has 2 aromatic rings. The molecule has 1 fully saturated rings. The fourth-order valence-corrected chi connectivity index (χ4v) is 2.25. The average molecular weight is 286 g/mol. The van der Waals surface area contributed by atoms with Crippen LogP contribution in [0.4, 0.5) is 5.69 Å². The topological polar surface area (TPSA) is 104 Å². The van der Waals surface area contributed by atoms with Crippen molar-refractivity contribution in [3.63, 3.8) is 0 Å². The number of anilines is 1. The molecule has 0 unspecified atom stereocenters. The first-order valence-electron chi connectivity index (χ1n) is 6.99. The molecule has 1 aromatic carbocycles. The molecule has 21 heavy (non-hydrogen) atoms. The van der Waals surface area contributed by atoms with Gasteiger partial charge in [-0.15, -0.1) is 0 Å². The van der Waals surface area contributed by atoms with E-state index >= 15 is 0 Å². The molecule has 1 amide bonds. The third-order valence-corrected chi connectivity index (χ3v) is 3.69. The highest BCUT2D eigenvalue weighted by Gasteiger charge is 2.30. The highest BCUT2D eigenvalue weighted by molar-refractivity contribution is 5.97. The lowest BCUT2D eigenvalue weighted by molar-refractivity contribution is 0.0947. The molecule has 0 bridgehead atoms. The number of aliphatic hydroxyl groups is 1. The monoisotopic (exact) mass is 286 g/mol. The van der Waals surface area contributed by atoms with Gasteiger partial charge >= 0.3 is 0 Å². The molecule has 0 saturated heterocycles. The van der Waals surface area contributed by atoms with E-state index in [1.165, 1.54) is 0 Å². The number of carbonyl (C=O) groups excluding carboxylic acids is 1. The van der Waals surface area contributed by atoms with E-state index in [1.54, 1.807) is 0 Å². The Morgan fingerprint density at radius 1 is 1.33 bits per heavy atom. The summed E-state index contributed by atoms with van der Waals surface area (Å²) in [6, 6.07) is 7.40. The van der Waals surface area contributed by atoms with Gasteiger partial charge in [0.15, 0.2) is 5.69 Å². The number of carbonyl (C=O) groups is 1. The molecular weight excluding hydrogens is 268 g/mol. The van der Waals surface area contributed by atoms with Crippen molar-refractivity contribution >= 4 is 11.6 Å². The van der Waals surface area contributed by atoms with Gasteiger partial charge in [0.1, 0.15) is 0 Å². The number of hydrogen-bond acceptors (Lipinski definition) is 4. The first kappa shape index (κ1) is 13.6. The molecule has 1 saturated carbocycles. The van der Waals surface area contributed by atoms with Gasteiger partial charge in [-0.25, -0.2) is 0 Å². The van der Waals surface area contributed by atoms with Crippen LogP contribution >= 0.6 is 0 Å². The molecule has 5 N–H and O–H groups in total. The average Bonchev–Trinajstić information content (AvgIpc) is 3.28. The summed E-state index contributed by atoms with van der Waals surface area (Å²) in [6.07, 6.45) is 2.20. The van der Waals surface area contributed by atoms with Crippen molar-refractivity contribution < 1.29 is 9.90 Å². The number of aliphatic hydroxyl groups excluding tert-OH is 1. The number of nitrogen functional groups attached to an aromatic ring is 1. The number of hydrogen-bond donors (Lipinski definition) is 4. The third kappa shape index (κ3) is 2.90. The number of aromatic amines is 1. The zero-order valence-corrected chi connectivity index (χ0v) is 11.6. The first-order valence-corrected chi connectivity index (χ1v) is 6.99. The van der Waals surface area contributed by atoms with E-state index in [9.17, 15) is 4.79 Å². The second-order valence-corrected chi connectivity index (χ2v) is 5.33. The van der Waals surface area contributed by atoms with Crippen molar-refractivity contribution in [2.75, 3.05) is 5.73 Å². The molecule has 6 nitrogen and oxygen atoms in total. The largest absolute Gasteiger partial charge is 0.395 e. The molecule has 1 aliphatic rings. The standard InChI is InChI=1S/C15H18N4O2/c16-12-13(11-5-6-11)18-19-14(12)15(21)17-7-9-1-3-10(8-20)4-2-9/h1-4,11,20H,5-8,16H2,(H,17,21)(H,18,19). The van der Waals surface area contributed by atoms with Crippen LogP contribution in [0.2, 0.25) is 0 Å². The summed E-state index contributed by atoms with van der Waals surface area (Å²) in [5.74, 6) is 0.159. The van der Waals surface area contributed by atoms with Gasteiger partial charge in [-0.2, -0.15) is 5.10 Å². The molecule has 1 aromatic heterocycles. The number of rotatable bonds is 5. The van der Waals surface area contributed by atoms with Crippen LogP contribution in [0.15, 0.2) is 24.3 Å². The second kappa shape index (κ2) is 5.57. The van der Waals surface area contributed by atoms with Crippen LogP contribution in [0.25, 0.3) is 0 Å². The van der Waals surface area contributed by atoms with Crippen LogP contribution in [-0.4, -0.2) is 21.2 Å². The summed E-state index contributed by atoms with van der Waals surface area (Å²) in [6.45, 7) is 0.413. The van der Waals surface area contributed by atoms with Crippen molar-refractivity contribution in [2.24, 2.45) is 0 Å². The molecule has 0 spiro atoms. The minimum absolute atomic E-state index is 0.0143. The maximum Gasteiger partial charge on any atom is 0.274 e. The SMILES string of the molecule is Nc1c(C(=O)NCc2ccc(CO)cc2)n[nH]c1C1CC1. The van der Waals surface area contributed by atoms with Gasteiger partial charge in [-0.1, -0.05) is 24.3 Å². The Labute approximate surface area is 122 Å². The van der Waals surface area contributed by atoms with Gasteiger partial charge in [-0.3, -0.25) is 9.89 Å². The fourth-order valence-electron chi connectivity index (χ4n) is 2.25. The van der Waals surface area contributed by atoms with E-state index in [0.29, 0.717) is 18.2 Å². The normalized spacial score (nSPS) is 14.1. The highest BCUT2D eigenvalue weighted by Crippen LogP contribution is 2.42. The van der Waals surface area contributed by atoms with Gasteiger partial charge in [0.2, 0.25) is 0 Å². The first-order chi connectivity index (χ1) is 10.2. The maximum atomic E-state index is 12.1. The Bertz CT molecular complexity index is 644. The lowest BCUT2D eigenvalue weighted by Crippen LogP contribution is -2.24. The number of nitrogens with two attached hydrogens (primary N) is 1. The molecule has 0 atom stereocenters. The molecule has 110 valence electrons. The summed E-state index contributed by atoms with van der Waals surface area (Å²) >= 11 is 0. The van der Waals surface area contributed by atoms with Crippen LogP contribution in [-0.2, 0) is 13.2 Å². The van der Waals surface area contributed by atoms with Gasteiger partial charge < -0.3 is 16.2 Å². The Morgan fingerprint density at radius 3 is 2.62 bits per heavy atom. The van der Waals surface area contributed by atoms with E-state index < -0.39 is 0 Å². The van der Waals surface area contributed by atoms with E-state index in [2.05, 4.69) is 15.5 Å². The lowest BCUT2D eigenvalue weighted by Gasteiger charge is -2.05. The van der Waals surface area contributed by atoms with Crippen molar-refractivity contribution in [2.45, 2.75) is 31.9 Å². The maximum absolute atomic E-state index is 12.1. The lowest BCUT2D eigenvalue weighted by atomic mass is 10.1. The zero-order valence-electron chi connectivity index (χ0n) is 11.6. The highest BCUT2D eigenvalue weighted by atomic mass is 16.3. The summed E-state index contributed by atoms with van der Waals surface area (Å²) in [5.41, 5.74) is 9.38. The Balaban J connectivity index is 1.63. The van der Waals surface area contributed by atoms with Crippen LogP contribution in [0.3, 0.4) is 0 Å². The summed E-state index contributed by atoms with van der Waals surface area (Å²) in [7, 11) is 0. The Morgan fingerprint density at radius 2 is 2.00 bits per heavy atom. The van der Waals surface area contributed by atoms with Gasteiger partial charge in [-0.05, 0) is 24.0 Å². The number of benzene rings is 1. The summed E-state index contributed by atoms with van der Waals surface area (Å²) in [4.78, 5) is 12.1. The van der Waals surface area contributed by atoms with Crippen molar-refractivity contribution in [3.05, 3.63) is 46.8 Å². The molecule has 0 aliphatic heterocycles. The number of amides is 1. The van der Waals surface area contributed by atoms with Crippen molar-refractivity contribution in [1.29, 1.82) is 0 Å². The summed E-state index contributed by atoms with van der Waals surface area (Å²) in [5, 5.41) is 18.7. The van der Waals surface area contributed by atoms with E-state index in [-0.39, 0.29) is 18.2 Å². The number of nitrogens with one attached hydrogen (secondary N) is 2. The predicted molar refractivity (Wildman–Crippen MR) is 78.5 cm³/mol. The van der Waals surface area contributed by atoms with Gasteiger partial charge in [0, 0.05) is 12.5 Å². The molecule has 6 heteroatoms. The van der Waals surface area contributed by atoms with Crippen LogP contribution < -0.4 is 11.1 Å². The number of nitrogens with zero attached hydrogens (tertiary/aromatic N) is 1. The predicted octanol–water partition coefficient (Wildman–Crippen LogP) is 1.29. The summed E-state index contributed by atoms with van der Waals surface area (Å²) < 4.78 is 0. The van der Waals surface area contributed by atoms with Crippen molar-refractivity contribution in [3.8, 4) is 0 Å². The number of aromatic nitrogens is 2.